The molecule has 130 valence electrons. The zero-order chi connectivity index (χ0) is 17.7. The van der Waals surface area contributed by atoms with Crippen molar-refractivity contribution in [3.05, 3.63) is 35.9 Å². The first-order valence-corrected chi connectivity index (χ1v) is 8.37. The SMILES string of the molecule is CC(C)(C)Cc1ccccc1.CC1OC(=O)OC1CC(C)(C)C. The summed E-state index contributed by atoms with van der Waals surface area (Å²) in [4.78, 5) is 10.7. The van der Waals surface area contributed by atoms with Gasteiger partial charge in [0, 0.05) is 0 Å². The maximum Gasteiger partial charge on any atom is 0.509 e. The van der Waals surface area contributed by atoms with Crippen molar-refractivity contribution in [1.29, 1.82) is 0 Å². The molecule has 2 unspecified atom stereocenters. The number of benzene rings is 1. The van der Waals surface area contributed by atoms with Crippen LogP contribution in [0.2, 0.25) is 0 Å². The molecule has 0 aliphatic carbocycles. The van der Waals surface area contributed by atoms with Gasteiger partial charge in [0.25, 0.3) is 0 Å². The number of ether oxygens (including phenoxy) is 2. The topological polar surface area (TPSA) is 35.5 Å². The maximum absolute atomic E-state index is 10.7. The van der Waals surface area contributed by atoms with Crippen LogP contribution in [0.15, 0.2) is 30.3 Å². The minimum Gasteiger partial charge on any atom is -0.427 e. The number of cyclic esters (lactones) is 2. The molecule has 1 heterocycles. The van der Waals surface area contributed by atoms with Gasteiger partial charge in [0.2, 0.25) is 0 Å². The summed E-state index contributed by atoms with van der Waals surface area (Å²) in [6.45, 7) is 15.0. The smallest absolute Gasteiger partial charge is 0.427 e. The van der Waals surface area contributed by atoms with Gasteiger partial charge in [-0.3, -0.25) is 0 Å². The Balaban J connectivity index is 0.000000231. The summed E-state index contributed by atoms with van der Waals surface area (Å²) in [5, 5.41) is 0. The zero-order valence-electron chi connectivity index (χ0n) is 15.7. The highest BCUT2D eigenvalue weighted by atomic mass is 16.8. The van der Waals surface area contributed by atoms with Gasteiger partial charge in [0.1, 0.15) is 12.2 Å². The second-order valence-corrected chi connectivity index (χ2v) is 8.72. The third kappa shape index (κ3) is 8.63. The first kappa shape index (κ1) is 19.5. The lowest BCUT2D eigenvalue weighted by Crippen LogP contribution is -2.25. The van der Waals surface area contributed by atoms with E-state index in [4.69, 9.17) is 9.47 Å². The molecule has 1 aliphatic rings. The van der Waals surface area contributed by atoms with E-state index >= 15 is 0 Å². The predicted octanol–water partition coefficient (Wildman–Crippen LogP) is 5.62. The fourth-order valence-corrected chi connectivity index (χ4v) is 2.49. The van der Waals surface area contributed by atoms with Crippen molar-refractivity contribution < 1.29 is 14.3 Å². The Morgan fingerprint density at radius 1 is 0.913 bits per heavy atom. The monoisotopic (exact) mass is 320 g/mol. The van der Waals surface area contributed by atoms with Crippen molar-refractivity contribution in [2.45, 2.75) is 73.5 Å². The van der Waals surface area contributed by atoms with Gasteiger partial charge >= 0.3 is 6.16 Å². The molecular formula is C20H32O3. The second-order valence-electron chi connectivity index (χ2n) is 8.72. The van der Waals surface area contributed by atoms with Crippen LogP contribution in [0.25, 0.3) is 0 Å². The van der Waals surface area contributed by atoms with Gasteiger partial charge in [-0.05, 0) is 36.2 Å². The lowest BCUT2D eigenvalue weighted by Gasteiger charge is -2.22. The summed E-state index contributed by atoms with van der Waals surface area (Å²) in [5.41, 5.74) is 2.01. The highest BCUT2D eigenvalue weighted by Gasteiger charge is 2.35. The molecule has 1 fully saturated rings. The third-order valence-electron chi connectivity index (χ3n) is 3.44. The molecule has 23 heavy (non-hydrogen) atoms. The second kappa shape index (κ2) is 7.85. The summed E-state index contributed by atoms with van der Waals surface area (Å²) in [6, 6.07) is 10.6. The first-order valence-electron chi connectivity index (χ1n) is 8.37. The van der Waals surface area contributed by atoms with Gasteiger partial charge < -0.3 is 9.47 Å². The van der Waals surface area contributed by atoms with Crippen LogP contribution in [0.5, 0.6) is 0 Å². The van der Waals surface area contributed by atoms with Crippen molar-refractivity contribution in [1.82, 2.24) is 0 Å². The predicted molar refractivity (Wildman–Crippen MR) is 94.5 cm³/mol. The van der Waals surface area contributed by atoms with E-state index < -0.39 is 6.16 Å². The lowest BCUT2D eigenvalue weighted by molar-refractivity contribution is 0.103. The summed E-state index contributed by atoms with van der Waals surface area (Å²) in [6.07, 6.45) is 1.30. The Hall–Kier alpha value is -1.51. The van der Waals surface area contributed by atoms with Gasteiger partial charge in [-0.1, -0.05) is 71.9 Å². The Kier molecular flexibility index (Phi) is 6.67. The first-order chi connectivity index (χ1) is 10.5. The van der Waals surface area contributed by atoms with Crippen LogP contribution >= 0.6 is 0 Å². The van der Waals surface area contributed by atoms with Gasteiger partial charge in [-0.15, -0.1) is 0 Å². The van der Waals surface area contributed by atoms with Crippen LogP contribution < -0.4 is 0 Å². The highest BCUT2D eigenvalue weighted by molar-refractivity contribution is 5.62. The molecule has 0 amide bonds. The minimum atomic E-state index is -0.531. The molecule has 1 aromatic rings. The van der Waals surface area contributed by atoms with E-state index in [1.807, 2.05) is 6.92 Å². The zero-order valence-corrected chi connectivity index (χ0v) is 15.7. The largest absolute Gasteiger partial charge is 0.509 e. The molecule has 0 radical (unpaired) electrons. The molecule has 2 atom stereocenters. The molecule has 1 aromatic carbocycles. The Morgan fingerprint density at radius 2 is 1.48 bits per heavy atom. The molecule has 2 rings (SSSR count). The molecule has 1 saturated heterocycles. The van der Waals surface area contributed by atoms with E-state index in [0.717, 1.165) is 12.8 Å². The third-order valence-corrected chi connectivity index (χ3v) is 3.44. The molecule has 0 spiro atoms. The van der Waals surface area contributed by atoms with Crippen molar-refractivity contribution in [3.63, 3.8) is 0 Å². The summed E-state index contributed by atoms with van der Waals surface area (Å²) in [5.74, 6) is 0. The van der Waals surface area contributed by atoms with Crippen LogP contribution in [0.3, 0.4) is 0 Å². The van der Waals surface area contributed by atoms with Crippen LogP contribution in [0, 0.1) is 10.8 Å². The Bertz CT molecular complexity index is 480. The van der Waals surface area contributed by atoms with E-state index in [0.29, 0.717) is 5.41 Å². The number of hydrogen-bond donors (Lipinski definition) is 0. The average Bonchev–Trinajstić information content (AvgIpc) is 2.65. The maximum atomic E-state index is 10.7. The van der Waals surface area contributed by atoms with Crippen molar-refractivity contribution in [2.24, 2.45) is 10.8 Å². The molecule has 0 aromatic heterocycles. The van der Waals surface area contributed by atoms with E-state index in [2.05, 4.69) is 71.9 Å². The number of rotatable bonds is 2. The van der Waals surface area contributed by atoms with Gasteiger partial charge in [-0.25, -0.2) is 4.79 Å². The molecule has 0 N–H and O–H groups in total. The number of carbonyl (C=O) groups is 1. The Labute approximate surface area is 141 Å². The van der Waals surface area contributed by atoms with E-state index in [-0.39, 0.29) is 17.6 Å². The van der Waals surface area contributed by atoms with Crippen LogP contribution in [-0.4, -0.2) is 18.4 Å². The van der Waals surface area contributed by atoms with E-state index in [1.165, 1.54) is 5.56 Å². The van der Waals surface area contributed by atoms with Gasteiger partial charge in [0.05, 0.1) is 0 Å². The summed E-state index contributed by atoms with van der Waals surface area (Å²) in [7, 11) is 0. The normalized spacial score (nSPS) is 21.1. The molecule has 0 saturated carbocycles. The molecule has 3 heteroatoms. The number of hydrogen-bond acceptors (Lipinski definition) is 3. The standard InChI is InChI=1S/C11H16.C9H16O3/c1-11(2,3)9-10-7-5-4-6-8-10;1-6-7(5-9(2,3)4)12-8(10)11-6/h4-8H,9H2,1-3H3;6-7H,5H2,1-4H3. The highest BCUT2D eigenvalue weighted by Crippen LogP contribution is 2.28. The molecule has 3 nitrogen and oxygen atoms in total. The summed E-state index contributed by atoms with van der Waals surface area (Å²) >= 11 is 0. The molecule has 1 aliphatic heterocycles. The minimum absolute atomic E-state index is 0.0718. The van der Waals surface area contributed by atoms with Crippen molar-refractivity contribution in [2.75, 3.05) is 0 Å². The quantitative estimate of drug-likeness (QED) is 0.663. The van der Waals surface area contributed by atoms with Gasteiger partial charge in [0.15, 0.2) is 0 Å². The fraction of sp³-hybridized carbons (Fsp3) is 0.650. The molecular weight excluding hydrogens is 288 g/mol. The van der Waals surface area contributed by atoms with Crippen LogP contribution in [-0.2, 0) is 15.9 Å². The summed E-state index contributed by atoms with van der Waals surface area (Å²) < 4.78 is 9.85. The van der Waals surface area contributed by atoms with Crippen LogP contribution in [0.1, 0.15) is 60.5 Å². The van der Waals surface area contributed by atoms with Crippen molar-refractivity contribution in [3.8, 4) is 0 Å². The van der Waals surface area contributed by atoms with Crippen molar-refractivity contribution >= 4 is 6.16 Å². The van der Waals surface area contributed by atoms with E-state index in [9.17, 15) is 4.79 Å². The fourth-order valence-electron chi connectivity index (χ4n) is 2.49. The lowest BCUT2D eigenvalue weighted by atomic mass is 9.88. The van der Waals surface area contributed by atoms with Gasteiger partial charge in [-0.2, -0.15) is 0 Å². The average molecular weight is 320 g/mol. The Morgan fingerprint density at radius 3 is 1.87 bits per heavy atom. The van der Waals surface area contributed by atoms with E-state index in [1.54, 1.807) is 0 Å². The molecule has 0 bridgehead atoms. The van der Waals surface area contributed by atoms with Crippen LogP contribution in [0.4, 0.5) is 4.79 Å². The number of carbonyl (C=O) groups excluding carboxylic acids is 1.